The number of aliphatic hydroxyl groups excluding tert-OH is 1. The molecule has 1 amide bonds. The van der Waals surface area contributed by atoms with E-state index in [2.05, 4.69) is 34.5 Å². The Labute approximate surface area is 213 Å². The first kappa shape index (κ1) is 26.6. The molecule has 1 saturated heterocycles. The molecule has 2 N–H and O–H groups in total. The van der Waals surface area contributed by atoms with E-state index in [0.29, 0.717) is 37.6 Å². The number of carbonyl (C=O) groups excluding carboxylic acids is 1. The first-order valence-corrected chi connectivity index (χ1v) is 11.6. The van der Waals surface area contributed by atoms with Crippen LogP contribution in [-0.2, 0) is 13.0 Å². The maximum Gasteiger partial charge on any atom is 0.257 e. The van der Waals surface area contributed by atoms with Crippen molar-refractivity contribution in [3.05, 3.63) is 59.2 Å². The Morgan fingerprint density at radius 3 is 2.74 bits per heavy atom. The minimum Gasteiger partial charge on any atom is -0.491 e. The topological polar surface area (TPSA) is 74.3 Å². The molecule has 3 aliphatic rings. The van der Waals surface area contributed by atoms with Crippen molar-refractivity contribution < 1.29 is 19.4 Å². The van der Waals surface area contributed by atoms with Crippen LogP contribution in [-0.4, -0.2) is 78.9 Å². The lowest BCUT2D eigenvalue weighted by molar-refractivity contribution is 0.0501. The van der Waals surface area contributed by atoms with Crippen molar-refractivity contribution in [3.8, 4) is 11.5 Å². The maximum atomic E-state index is 13.2. The second-order valence-corrected chi connectivity index (χ2v) is 8.90. The van der Waals surface area contributed by atoms with Crippen LogP contribution < -0.4 is 14.8 Å². The van der Waals surface area contributed by atoms with Gasteiger partial charge in [0, 0.05) is 38.8 Å². The molecular formula is C25H33Cl2N3O4. The van der Waals surface area contributed by atoms with Gasteiger partial charge in [0.2, 0.25) is 0 Å². The van der Waals surface area contributed by atoms with Crippen molar-refractivity contribution in [2.45, 2.75) is 31.6 Å². The molecule has 5 rings (SSSR count). The number of ether oxygens (including phenoxy) is 2. The van der Waals surface area contributed by atoms with E-state index in [1.165, 1.54) is 11.1 Å². The molecule has 9 heteroatoms. The molecule has 2 aromatic rings. The predicted molar refractivity (Wildman–Crippen MR) is 136 cm³/mol. The van der Waals surface area contributed by atoms with Crippen LogP contribution in [0, 0.1) is 0 Å². The number of carbonyl (C=O) groups is 1. The third-order valence-electron chi connectivity index (χ3n) is 6.52. The molecule has 1 fully saturated rings. The Morgan fingerprint density at radius 1 is 1.12 bits per heavy atom. The van der Waals surface area contributed by atoms with E-state index in [1.54, 1.807) is 11.0 Å². The zero-order valence-electron chi connectivity index (χ0n) is 19.2. The van der Waals surface area contributed by atoms with Gasteiger partial charge < -0.3 is 24.8 Å². The summed E-state index contributed by atoms with van der Waals surface area (Å²) in [5, 5.41) is 14.0. The standard InChI is InChI=1S/C25H31N3O4.2ClH/c29-20(16-27-10-8-18-3-1-2-4-19(18)15-27)17-28-11-12-31-24-13-21(5-6-23(24)25(28)30)32-22-7-9-26-14-22;;/h1-6,13,20,22,26,29H,7-12,14-17H2;2*1H/t20?,22-;;/m1../s1. The molecule has 34 heavy (non-hydrogen) atoms. The molecule has 1 unspecified atom stereocenters. The Morgan fingerprint density at radius 2 is 1.94 bits per heavy atom. The van der Waals surface area contributed by atoms with Crippen molar-refractivity contribution in [1.82, 2.24) is 15.1 Å². The smallest absolute Gasteiger partial charge is 0.257 e. The highest BCUT2D eigenvalue weighted by Crippen LogP contribution is 2.29. The summed E-state index contributed by atoms with van der Waals surface area (Å²) in [6, 6.07) is 13.9. The molecule has 3 aliphatic heterocycles. The number of nitrogens with zero attached hydrogens (tertiary/aromatic N) is 2. The fourth-order valence-corrected chi connectivity index (χ4v) is 4.83. The quantitative estimate of drug-likeness (QED) is 0.623. The van der Waals surface area contributed by atoms with Crippen LogP contribution in [0.2, 0.25) is 0 Å². The van der Waals surface area contributed by atoms with E-state index in [1.807, 2.05) is 12.1 Å². The third kappa shape index (κ3) is 6.15. The van der Waals surface area contributed by atoms with Gasteiger partial charge in [0.15, 0.2) is 0 Å². The van der Waals surface area contributed by atoms with Gasteiger partial charge in [-0.15, -0.1) is 24.8 Å². The fourth-order valence-electron chi connectivity index (χ4n) is 4.83. The third-order valence-corrected chi connectivity index (χ3v) is 6.52. The van der Waals surface area contributed by atoms with Gasteiger partial charge in [-0.2, -0.15) is 0 Å². The molecule has 3 heterocycles. The van der Waals surface area contributed by atoms with Crippen molar-refractivity contribution in [1.29, 1.82) is 0 Å². The van der Waals surface area contributed by atoms with Crippen LogP contribution in [0.15, 0.2) is 42.5 Å². The van der Waals surface area contributed by atoms with Gasteiger partial charge in [-0.25, -0.2) is 0 Å². The summed E-state index contributed by atoms with van der Waals surface area (Å²) >= 11 is 0. The monoisotopic (exact) mass is 509 g/mol. The summed E-state index contributed by atoms with van der Waals surface area (Å²) in [6.45, 7) is 5.27. The lowest BCUT2D eigenvalue weighted by Gasteiger charge is -2.32. The number of fused-ring (bicyclic) bond motifs is 2. The van der Waals surface area contributed by atoms with E-state index >= 15 is 0 Å². The molecular weight excluding hydrogens is 477 g/mol. The van der Waals surface area contributed by atoms with E-state index in [-0.39, 0.29) is 36.8 Å². The maximum absolute atomic E-state index is 13.2. The van der Waals surface area contributed by atoms with Gasteiger partial charge >= 0.3 is 0 Å². The van der Waals surface area contributed by atoms with Crippen molar-refractivity contribution in [2.75, 3.05) is 45.9 Å². The first-order chi connectivity index (χ1) is 15.7. The molecule has 0 saturated carbocycles. The SMILES string of the molecule is Cl.Cl.O=C1c2ccc(O[C@@H]3CCNC3)cc2OCCN1CC(O)CN1CCc2ccccc2C1. The van der Waals surface area contributed by atoms with E-state index in [9.17, 15) is 9.90 Å². The minimum atomic E-state index is -0.608. The lowest BCUT2D eigenvalue weighted by atomic mass is 10.00. The fraction of sp³-hybridized carbons (Fsp3) is 0.480. The summed E-state index contributed by atoms with van der Waals surface area (Å²) in [6.07, 6.45) is 1.52. The van der Waals surface area contributed by atoms with Gasteiger partial charge in [0.05, 0.1) is 18.2 Å². The zero-order chi connectivity index (χ0) is 21.9. The molecule has 0 bridgehead atoms. The lowest BCUT2D eigenvalue weighted by Crippen LogP contribution is -2.44. The van der Waals surface area contributed by atoms with Gasteiger partial charge in [-0.1, -0.05) is 24.3 Å². The highest BCUT2D eigenvalue weighted by Gasteiger charge is 2.27. The number of halogens is 2. The molecule has 0 aromatic heterocycles. The number of β-amino-alcohol motifs (C(OH)–C–C–N with tert-alkyl or cyclic N) is 1. The summed E-state index contributed by atoms with van der Waals surface area (Å²) in [5.74, 6) is 1.18. The summed E-state index contributed by atoms with van der Waals surface area (Å²) in [7, 11) is 0. The number of amides is 1. The Balaban J connectivity index is 0.00000162. The largest absolute Gasteiger partial charge is 0.491 e. The molecule has 186 valence electrons. The van der Waals surface area contributed by atoms with Gasteiger partial charge in [0.25, 0.3) is 5.91 Å². The highest BCUT2D eigenvalue weighted by molar-refractivity contribution is 5.97. The number of aliphatic hydroxyl groups is 1. The Hall–Kier alpha value is -2.03. The summed E-state index contributed by atoms with van der Waals surface area (Å²) < 4.78 is 11.9. The van der Waals surface area contributed by atoms with Crippen LogP contribution in [0.3, 0.4) is 0 Å². The summed E-state index contributed by atoms with van der Waals surface area (Å²) in [5.41, 5.74) is 3.24. The molecule has 0 aliphatic carbocycles. The molecule has 2 aromatic carbocycles. The van der Waals surface area contributed by atoms with Crippen LogP contribution in [0.5, 0.6) is 11.5 Å². The number of rotatable bonds is 6. The zero-order valence-corrected chi connectivity index (χ0v) is 20.8. The van der Waals surface area contributed by atoms with Crippen LogP contribution >= 0.6 is 24.8 Å². The second kappa shape index (κ2) is 12.1. The van der Waals surface area contributed by atoms with Crippen molar-refractivity contribution >= 4 is 30.7 Å². The Kier molecular flexibility index (Phi) is 9.45. The normalized spacial score (nSPS) is 20.7. The molecule has 0 spiro atoms. The van der Waals surface area contributed by atoms with Gasteiger partial charge in [0.1, 0.15) is 24.2 Å². The minimum absolute atomic E-state index is 0. The molecule has 0 radical (unpaired) electrons. The average Bonchev–Trinajstić information content (AvgIpc) is 3.26. The van der Waals surface area contributed by atoms with Gasteiger partial charge in [-0.3, -0.25) is 9.69 Å². The molecule has 7 nitrogen and oxygen atoms in total. The number of nitrogens with one attached hydrogen (secondary N) is 1. The first-order valence-electron chi connectivity index (χ1n) is 11.6. The van der Waals surface area contributed by atoms with E-state index in [4.69, 9.17) is 9.47 Å². The molecule has 2 atom stereocenters. The number of hydrogen-bond acceptors (Lipinski definition) is 6. The van der Waals surface area contributed by atoms with Gasteiger partial charge in [-0.05, 0) is 42.6 Å². The van der Waals surface area contributed by atoms with E-state index in [0.717, 1.165) is 44.8 Å². The second-order valence-electron chi connectivity index (χ2n) is 8.90. The van der Waals surface area contributed by atoms with E-state index < -0.39 is 6.10 Å². The summed E-state index contributed by atoms with van der Waals surface area (Å²) in [4.78, 5) is 17.1. The van der Waals surface area contributed by atoms with Crippen LogP contribution in [0.1, 0.15) is 27.9 Å². The van der Waals surface area contributed by atoms with Crippen LogP contribution in [0.25, 0.3) is 0 Å². The average molecular weight is 510 g/mol. The highest BCUT2D eigenvalue weighted by atomic mass is 35.5. The predicted octanol–water partition coefficient (Wildman–Crippen LogP) is 2.52. The Bertz CT molecular complexity index is 971. The number of hydrogen-bond donors (Lipinski definition) is 2. The van der Waals surface area contributed by atoms with Crippen molar-refractivity contribution in [2.24, 2.45) is 0 Å². The van der Waals surface area contributed by atoms with Crippen molar-refractivity contribution in [3.63, 3.8) is 0 Å². The number of benzene rings is 2. The van der Waals surface area contributed by atoms with Crippen LogP contribution in [0.4, 0.5) is 0 Å².